The molecule has 1 fully saturated rings. The Balaban J connectivity index is 1.53. The third-order valence-electron chi connectivity index (χ3n) is 5.85. The first-order valence-electron chi connectivity index (χ1n) is 10.9. The number of rotatable bonds is 6. The third-order valence-corrected chi connectivity index (χ3v) is 7.89. The second kappa shape index (κ2) is 9.67. The van der Waals surface area contributed by atoms with E-state index >= 15 is 0 Å². The molecule has 0 radical (unpaired) electrons. The van der Waals surface area contributed by atoms with E-state index in [1.54, 1.807) is 35.9 Å². The molecule has 0 bridgehead atoms. The van der Waals surface area contributed by atoms with Crippen LogP contribution in [0.5, 0.6) is 0 Å². The fourth-order valence-electron chi connectivity index (χ4n) is 4.03. The van der Waals surface area contributed by atoms with Crippen LogP contribution < -0.4 is 5.32 Å². The molecule has 0 spiro atoms. The van der Waals surface area contributed by atoms with Crippen molar-refractivity contribution in [1.82, 2.24) is 19.2 Å². The summed E-state index contributed by atoms with van der Waals surface area (Å²) in [6.45, 7) is 3.15. The summed E-state index contributed by atoms with van der Waals surface area (Å²) in [7, 11) is -3.63. The molecule has 7 nitrogen and oxygen atoms in total. The average molecular weight is 453 g/mol. The molecule has 32 heavy (non-hydrogen) atoms. The van der Waals surface area contributed by atoms with Crippen LogP contribution in [0.1, 0.15) is 47.2 Å². The van der Waals surface area contributed by atoms with Gasteiger partial charge in [-0.15, -0.1) is 0 Å². The molecule has 2 heterocycles. The Bertz CT molecular complexity index is 1180. The van der Waals surface area contributed by atoms with E-state index < -0.39 is 10.0 Å². The van der Waals surface area contributed by atoms with Crippen molar-refractivity contribution in [2.75, 3.05) is 13.1 Å². The highest BCUT2D eigenvalue weighted by Gasteiger charge is 2.27. The molecule has 0 atom stereocenters. The molecule has 1 aromatic heterocycles. The van der Waals surface area contributed by atoms with Gasteiger partial charge in [0.05, 0.1) is 16.9 Å². The Hall–Kier alpha value is -2.97. The Kier molecular flexibility index (Phi) is 6.72. The summed E-state index contributed by atoms with van der Waals surface area (Å²) in [5.41, 5.74) is 2.85. The molecule has 0 unspecified atom stereocenters. The lowest BCUT2D eigenvalue weighted by molar-refractivity contribution is 0.0950. The van der Waals surface area contributed by atoms with E-state index in [4.69, 9.17) is 0 Å². The van der Waals surface area contributed by atoms with Gasteiger partial charge in [-0.1, -0.05) is 37.1 Å². The fourth-order valence-corrected chi connectivity index (χ4v) is 5.80. The number of sulfonamides is 1. The maximum Gasteiger partial charge on any atom is 0.251 e. The Morgan fingerprint density at radius 1 is 1.06 bits per heavy atom. The van der Waals surface area contributed by atoms with Crippen LogP contribution in [0, 0.1) is 6.92 Å². The maximum absolute atomic E-state index is 13.3. The first-order valence-corrected chi connectivity index (χ1v) is 12.4. The first-order chi connectivity index (χ1) is 15.5. The van der Waals surface area contributed by atoms with Crippen LogP contribution >= 0.6 is 0 Å². The Labute approximate surface area is 189 Å². The number of nitrogens with zero attached hydrogens (tertiary/aromatic N) is 3. The van der Waals surface area contributed by atoms with Gasteiger partial charge in [-0.05, 0) is 49.1 Å². The van der Waals surface area contributed by atoms with Gasteiger partial charge in [0.1, 0.15) is 0 Å². The average Bonchev–Trinajstić information content (AvgIpc) is 3.19. The van der Waals surface area contributed by atoms with Gasteiger partial charge in [0, 0.05) is 37.6 Å². The second-order valence-electron chi connectivity index (χ2n) is 8.08. The second-order valence-corrected chi connectivity index (χ2v) is 9.99. The number of aromatic nitrogens is 2. The normalized spacial score (nSPS) is 15.3. The predicted molar refractivity (Wildman–Crippen MR) is 123 cm³/mol. The molecular weight excluding hydrogens is 424 g/mol. The molecule has 8 heteroatoms. The van der Waals surface area contributed by atoms with Gasteiger partial charge in [-0.25, -0.2) is 13.4 Å². The van der Waals surface area contributed by atoms with Gasteiger partial charge in [0.15, 0.2) is 0 Å². The number of imidazole rings is 1. The van der Waals surface area contributed by atoms with Crippen LogP contribution in [0.3, 0.4) is 0 Å². The topological polar surface area (TPSA) is 84.3 Å². The van der Waals surface area contributed by atoms with Crippen LogP contribution in [0.15, 0.2) is 66.1 Å². The molecule has 1 N–H and O–H groups in total. The van der Waals surface area contributed by atoms with Crippen LogP contribution in [0.2, 0.25) is 0 Å². The van der Waals surface area contributed by atoms with Crippen molar-refractivity contribution in [1.29, 1.82) is 0 Å². The van der Waals surface area contributed by atoms with E-state index in [-0.39, 0.29) is 10.8 Å². The summed E-state index contributed by atoms with van der Waals surface area (Å²) >= 11 is 0. The fraction of sp³-hybridized carbons (Fsp3) is 0.333. The standard InChI is InChI=1S/C24H28N4O3S/c1-19-10-11-20(16-23(19)32(30,31)28-13-6-2-3-7-14-28)24(29)26-17-21-8-4-5-9-22(21)27-15-12-25-18-27/h4-5,8-12,15-16,18H,2-3,6-7,13-14,17H2,1H3,(H,26,29). The summed E-state index contributed by atoms with van der Waals surface area (Å²) in [6, 6.07) is 12.6. The van der Waals surface area contributed by atoms with Gasteiger partial charge in [0.25, 0.3) is 5.91 Å². The van der Waals surface area contributed by atoms with Crippen molar-refractivity contribution >= 4 is 15.9 Å². The van der Waals surface area contributed by atoms with E-state index in [0.717, 1.165) is 36.9 Å². The highest BCUT2D eigenvalue weighted by atomic mass is 32.2. The lowest BCUT2D eigenvalue weighted by Gasteiger charge is -2.21. The number of hydrogen-bond acceptors (Lipinski definition) is 4. The van der Waals surface area contributed by atoms with Crippen molar-refractivity contribution in [2.24, 2.45) is 0 Å². The summed E-state index contributed by atoms with van der Waals surface area (Å²) in [5.74, 6) is -0.308. The van der Waals surface area contributed by atoms with Crippen molar-refractivity contribution < 1.29 is 13.2 Å². The molecule has 0 saturated carbocycles. The predicted octanol–water partition coefficient (Wildman–Crippen LogP) is 3.68. The minimum Gasteiger partial charge on any atom is -0.348 e. The summed E-state index contributed by atoms with van der Waals surface area (Å²) in [4.78, 5) is 17.2. The number of hydrogen-bond donors (Lipinski definition) is 1. The smallest absolute Gasteiger partial charge is 0.251 e. The summed E-state index contributed by atoms with van der Waals surface area (Å²) in [5, 5.41) is 2.92. The zero-order valence-corrected chi connectivity index (χ0v) is 19.0. The zero-order chi connectivity index (χ0) is 22.6. The van der Waals surface area contributed by atoms with Gasteiger partial charge in [0.2, 0.25) is 10.0 Å². The van der Waals surface area contributed by atoms with Gasteiger partial charge in [-0.3, -0.25) is 4.79 Å². The van der Waals surface area contributed by atoms with Gasteiger partial charge < -0.3 is 9.88 Å². The largest absolute Gasteiger partial charge is 0.348 e. The quantitative estimate of drug-likeness (QED) is 0.618. The molecule has 4 rings (SSSR count). The van der Waals surface area contributed by atoms with E-state index in [1.807, 2.05) is 35.0 Å². The van der Waals surface area contributed by atoms with E-state index in [1.165, 1.54) is 6.07 Å². The van der Waals surface area contributed by atoms with Crippen LogP contribution in [0.4, 0.5) is 0 Å². The van der Waals surface area contributed by atoms with Crippen molar-refractivity contribution in [3.05, 3.63) is 77.9 Å². The number of aryl methyl sites for hydroxylation is 1. The zero-order valence-electron chi connectivity index (χ0n) is 18.2. The molecule has 0 aliphatic carbocycles. The van der Waals surface area contributed by atoms with Gasteiger partial charge in [-0.2, -0.15) is 4.31 Å². The highest BCUT2D eigenvalue weighted by Crippen LogP contribution is 2.24. The number of nitrogens with one attached hydrogen (secondary N) is 1. The van der Waals surface area contributed by atoms with Gasteiger partial charge >= 0.3 is 0 Å². The monoisotopic (exact) mass is 452 g/mol. The number of carbonyl (C=O) groups excluding carboxylic acids is 1. The third kappa shape index (κ3) is 4.76. The molecular formula is C24H28N4O3S. The Morgan fingerprint density at radius 2 is 1.81 bits per heavy atom. The first kappa shape index (κ1) is 22.2. The van der Waals surface area contributed by atoms with Crippen molar-refractivity contribution in [3.63, 3.8) is 0 Å². The minimum absolute atomic E-state index is 0.214. The number of carbonyl (C=O) groups is 1. The minimum atomic E-state index is -3.63. The van der Waals surface area contributed by atoms with Crippen LogP contribution in [-0.4, -0.2) is 41.3 Å². The SMILES string of the molecule is Cc1ccc(C(=O)NCc2ccccc2-n2ccnc2)cc1S(=O)(=O)N1CCCCCC1. The number of benzene rings is 2. The number of amides is 1. The van der Waals surface area contributed by atoms with Crippen LogP contribution in [0.25, 0.3) is 5.69 Å². The lowest BCUT2D eigenvalue weighted by Crippen LogP contribution is -2.32. The number of para-hydroxylation sites is 1. The van der Waals surface area contributed by atoms with Crippen LogP contribution in [-0.2, 0) is 16.6 Å². The molecule has 1 aliphatic heterocycles. The Morgan fingerprint density at radius 3 is 2.53 bits per heavy atom. The van der Waals surface area contributed by atoms with Crippen molar-refractivity contribution in [3.8, 4) is 5.69 Å². The lowest BCUT2D eigenvalue weighted by atomic mass is 10.1. The van der Waals surface area contributed by atoms with E-state index in [2.05, 4.69) is 10.3 Å². The molecule has 168 valence electrons. The summed E-state index contributed by atoms with van der Waals surface area (Å²) < 4.78 is 30.0. The molecule has 2 aromatic carbocycles. The highest BCUT2D eigenvalue weighted by molar-refractivity contribution is 7.89. The molecule has 1 saturated heterocycles. The molecule has 1 amide bonds. The summed E-state index contributed by atoms with van der Waals surface area (Å²) in [6.07, 6.45) is 9.10. The molecule has 3 aromatic rings. The van der Waals surface area contributed by atoms with E-state index in [9.17, 15) is 13.2 Å². The maximum atomic E-state index is 13.3. The van der Waals surface area contributed by atoms with Crippen molar-refractivity contribution in [2.45, 2.75) is 44.0 Å². The molecule has 1 aliphatic rings. The van der Waals surface area contributed by atoms with E-state index in [0.29, 0.717) is 30.8 Å².